The summed E-state index contributed by atoms with van der Waals surface area (Å²) in [4.78, 5) is 15.7. The van der Waals surface area contributed by atoms with E-state index in [2.05, 4.69) is 37.0 Å². The van der Waals surface area contributed by atoms with Gasteiger partial charge in [0.15, 0.2) is 0 Å². The van der Waals surface area contributed by atoms with E-state index in [1.807, 2.05) is 6.07 Å². The molecule has 4 rings (SSSR count). The number of rotatable bonds is 3. The van der Waals surface area contributed by atoms with Crippen LogP contribution < -0.4 is 15.4 Å². The summed E-state index contributed by atoms with van der Waals surface area (Å²) in [5.41, 5.74) is 9.14. The summed E-state index contributed by atoms with van der Waals surface area (Å²) in [6.45, 7) is 3.86. The highest BCUT2D eigenvalue weighted by Crippen LogP contribution is 2.27. The van der Waals surface area contributed by atoms with E-state index in [0.717, 1.165) is 48.5 Å². The highest BCUT2D eigenvalue weighted by Gasteiger charge is 2.27. The second kappa shape index (κ2) is 5.96. The lowest BCUT2D eigenvalue weighted by Gasteiger charge is -2.37. The van der Waals surface area contributed by atoms with Gasteiger partial charge in [-0.1, -0.05) is 0 Å². The molecule has 8 heteroatoms. The van der Waals surface area contributed by atoms with Gasteiger partial charge in [0.25, 0.3) is 0 Å². The maximum Gasteiger partial charge on any atom is 0.212 e. The van der Waals surface area contributed by atoms with E-state index in [9.17, 15) is 0 Å². The fraction of sp³-hybridized carbons (Fsp3) is 0.412. The Hall–Kier alpha value is -2.74. The molecular weight excluding hydrogens is 318 g/mol. The average Bonchev–Trinajstić information content (AvgIpc) is 3.05. The fourth-order valence-electron chi connectivity index (χ4n) is 3.04. The van der Waals surface area contributed by atoms with Gasteiger partial charge in [-0.05, 0) is 25.8 Å². The number of hydrogen-bond donors (Lipinski definition) is 2. The Kier molecular flexibility index (Phi) is 3.76. The molecule has 3 aromatic rings. The molecule has 0 unspecified atom stereocenters. The number of aromatic amines is 1. The summed E-state index contributed by atoms with van der Waals surface area (Å²) in [7, 11) is 1.59. The number of nitrogens with one attached hydrogen (secondary N) is 1. The minimum Gasteiger partial charge on any atom is -0.481 e. The van der Waals surface area contributed by atoms with Crippen molar-refractivity contribution in [3.63, 3.8) is 0 Å². The Morgan fingerprint density at radius 2 is 2.00 bits per heavy atom. The molecule has 1 saturated heterocycles. The van der Waals surface area contributed by atoms with Crippen LogP contribution in [-0.4, -0.2) is 50.9 Å². The van der Waals surface area contributed by atoms with Crippen molar-refractivity contribution in [3.05, 3.63) is 24.5 Å². The topological polar surface area (TPSA) is 106 Å². The molecule has 3 aromatic heterocycles. The number of hydrogen-bond acceptors (Lipinski definition) is 7. The van der Waals surface area contributed by atoms with Gasteiger partial charge < -0.3 is 15.4 Å². The number of nitrogens with two attached hydrogens (primary N) is 1. The van der Waals surface area contributed by atoms with Gasteiger partial charge in [-0.3, -0.25) is 5.10 Å². The van der Waals surface area contributed by atoms with Crippen molar-refractivity contribution in [1.29, 1.82) is 0 Å². The van der Waals surface area contributed by atoms with E-state index in [4.69, 9.17) is 10.5 Å². The summed E-state index contributed by atoms with van der Waals surface area (Å²) in [6, 6.07) is 3.72. The maximum atomic E-state index is 6.20. The number of ether oxygens (including phenoxy) is 1. The predicted molar refractivity (Wildman–Crippen MR) is 95.5 cm³/mol. The summed E-state index contributed by atoms with van der Waals surface area (Å²) < 4.78 is 5.09. The zero-order valence-corrected chi connectivity index (χ0v) is 14.4. The molecule has 1 aliphatic heterocycles. The van der Waals surface area contributed by atoms with Crippen molar-refractivity contribution < 1.29 is 4.74 Å². The van der Waals surface area contributed by atoms with Gasteiger partial charge in [0, 0.05) is 36.5 Å². The Morgan fingerprint density at radius 1 is 1.20 bits per heavy atom. The van der Waals surface area contributed by atoms with Crippen LogP contribution in [0.15, 0.2) is 24.5 Å². The van der Waals surface area contributed by atoms with E-state index in [1.54, 1.807) is 25.6 Å². The number of H-pyrrole nitrogens is 1. The highest BCUT2D eigenvalue weighted by atomic mass is 16.5. The SMILES string of the molecule is COc1ccc(-c2[nH]nc3nc(N4CCC(C)(N)CC4)cnc23)cn1. The molecule has 8 nitrogen and oxygen atoms in total. The lowest BCUT2D eigenvalue weighted by molar-refractivity contribution is 0.363. The third-order valence-corrected chi connectivity index (χ3v) is 4.72. The Labute approximate surface area is 145 Å². The molecule has 1 aliphatic rings. The quantitative estimate of drug-likeness (QED) is 0.748. The first-order chi connectivity index (χ1) is 12.1. The average molecular weight is 339 g/mol. The standard InChI is InChI=1S/C17H21N7O/c1-17(18)5-7-24(8-6-17)12-10-20-15-14(22-23-16(15)21-12)11-3-4-13(25-2)19-9-11/h3-4,9-10H,5-8,18H2,1-2H3,(H,21,22,23). The normalized spacial score (nSPS) is 17.0. The van der Waals surface area contributed by atoms with Crippen LogP contribution >= 0.6 is 0 Å². The van der Waals surface area contributed by atoms with Crippen LogP contribution in [0.1, 0.15) is 19.8 Å². The first kappa shape index (κ1) is 15.8. The van der Waals surface area contributed by atoms with Gasteiger partial charge in [0.05, 0.1) is 19.0 Å². The molecule has 0 amide bonds. The number of piperidine rings is 1. The number of nitrogens with zero attached hydrogens (tertiary/aromatic N) is 5. The van der Waals surface area contributed by atoms with Crippen LogP contribution in [-0.2, 0) is 0 Å². The minimum atomic E-state index is -0.0884. The first-order valence-corrected chi connectivity index (χ1v) is 8.31. The largest absolute Gasteiger partial charge is 0.481 e. The minimum absolute atomic E-state index is 0.0884. The molecule has 130 valence electrons. The Bertz CT molecular complexity index is 878. The highest BCUT2D eigenvalue weighted by molar-refractivity contribution is 5.87. The van der Waals surface area contributed by atoms with E-state index in [1.165, 1.54) is 0 Å². The fourth-order valence-corrected chi connectivity index (χ4v) is 3.04. The summed E-state index contributed by atoms with van der Waals surface area (Å²) in [6.07, 6.45) is 5.41. The van der Waals surface area contributed by atoms with Gasteiger partial charge in [0.2, 0.25) is 11.5 Å². The van der Waals surface area contributed by atoms with E-state index >= 15 is 0 Å². The van der Waals surface area contributed by atoms with Gasteiger partial charge >= 0.3 is 0 Å². The molecule has 0 aromatic carbocycles. The van der Waals surface area contributed by atoms with Gasteiger partial charge in [0.1, 0.15) is 11.3 Å². The molecule has 0 bridgehead atoms. The van der Waals surface area contributed by atoms with Crippen LogP contribution in [0.4, 0.5) is 5.82 Å². The molecule has 4 heterocycles. The Balaban J connectivity index is 1.62. The molecular formula is C17H21N7O. The number of fused-ring (bicyclic) bond motifs is 1. The van der Waals surface area contributed by atoms with Crippen molar-refractivity contribution in [1.82, 2.24) is 25.1 Å². The van der Waals surface area contributed by atoms with Crippen LogP contribution in [0, 0.1) is 0 Å². The van der Waals surface area contributed by atoms with Crippen molar-refractivity contribution in [2.45, 2.75) is 25.3 Å². The van der Waals surface area contributed by atoms with Crippen molar-refractivity contribution >= 4 is 17.0 Å². The molecule has 0 atom stereocenters. The second-order valence-electron chi connectivity index (χ2n) is 6.73. The van der Waals surface area contributed by atoms with Gasteiger partial charge in [-0.2, -0.15) is 5.10 Å². The predicted octanol–water partition coefficient (Wildman–Crippen LogP) is 1.74. The molecule has 0 spiro atoms. The summed E-state index contributed by atoms with van der Waals surface area (Å²) in [5.74, 6) is 1.41. The third-order valence-electron chi connectivity index (χ3n) is 4.72. The molecule has 0 saturated carbocycles. The first-order valence-electron chi connectivity index (χ1n) is 8.31. The lowest BCUT2D eigenvalue weighted by Crippen LogP contribution is -2.48. The maximum absolute atomic E-state index is 6.20. The Morgan fingerprint density at radius 3 is 2.68 bits per heavy atom. The van der Waals surface area contributed by atoms with E-state index in [0.29, 0.717) is 11.5 Å². The van der Waals surface area contributed by atoms with Crippen LogP contribution in [0.5, 0.6) is 5.88 Å². The zero-order chi connectivity index (χ0) is 17.4. The number of pyridine rings is 1. The van der Waals surface area contributed by atoms with Crippen LogP contribution in [0.3, 0.4) is 0 Å². The number of anilines is 1. The molecule has 25 heavy (non-hydrogen) atoms. The van der Waals surface area contributed by atoms with Crippen molar-refractivity contribution in [2.75, 3.05) is 25.1 Å². The molecule has 0 aliphatic carbocycles. The van der Waals surface area contributed by atoms with Crippen LogP contribution in [0.25, 0.3) is 22.4 Å². The molecule has 3 N–H and O–H groups in total. The second-order valence-corrected chi connectivity index (χ2v) is 6.73. The van der Waals surface area contributed by atoms with Crippen molar-refractivity contribution in [2.24, 2.45) is 5.73 Å². The van der Waals surface area contributed by atoms with Crippen molar-refractivity contribution in [3.8, 4) is 17.1 Å². The molecule has 0 radical (unpaired) electrons. The number of aromatic nitrogens is 5. The van der Waals surface area contributed by atoms with Crippen LogP contribution in [0.2, 0.25) is 0 Å². The zero-order valence-electron chi connectivity index (χ0n) is 14.4. The monoisotopic (exact) mass is 339 g/mol. The third kappa shape index (κ3) is 3.00. The number of methoxy groups -OCH3 is 1. The van der Waals surface area contributed by atoms with E-state index in [-0.39, 0.29) is 5.54 Å². The molecule has 1 fully saturated rings. The van der Waals surface area contributed by atoms with E-state index < -0.39 is 0 Å². The summed E-state index contributed by atoms with van der Waals surface area (Å²) >= 11 is 0. The van der Waals surface area contributed by atoms with Gasteiger partial charge in [-0.15, -0.1) is 0 Å². The lowest BCUT2D eigenvalue weighted by atomic mass is 9.91. The van der Waals surface area contributed by atoms with Gasteiger partial charge in [-0.25, -0.2) is 15.0 Å². The summed E-state index contributed by atoms with van der Waals surface area (Å²) in [5, 5.41) is 7.33. The smallest absolute Gasteiger partial charge is 0.212 e.